The number of sulfonamides is 1. The predicted molar refractivity (Wildman–Crippen MR) is 87.9 cm³/mol. The SMILES string of the molecule is CCCN(CCC)S(=O)(=O)c1ccc(CC)c(CNC)c1. The number of aryl methyl sites for hydroxylation is 1. The normalized spacial score (nSPS) is 12.0. The van der Waals surface area contributed by atoms with Gasteiger partial charge in [0.2, 0.25) is 10.0 Å². The monoisotopic (exact) mass is 312 g/mol. The van der Waals surface area contributed by atoms with Crippen molar-refractivity contribution in [2.24, 2.45) is 0 Å². The van der Waals surface area contributed by atoms with Crippen LogP contribution in [-0.4, -0.2) is 32.9 Å². The summed E-state index contributed by atoms with van der Waals surface area (Å²) in [5.74, 6) is 0. The Morgan fingerprint density at radius 2 is 1.67 bits per heavy atom. The van der Waals surface area contributed by atoms with E-state index in [9.17, 15) is 8.42 Å². The van der Waals surface area contributed by atoms with Gasteiger partial charge in [-0.25, -0.2) is 8.42 Å². The van der Waals surface area contributed by atoms with Gasteiger partial charge in [0.25, 0.3) is 0 Å². The van der Waals surface area contributed by atoms with Gasteiger partial charge in [0.05, 0.1) is 4.90 Å². The van der Waals surface area contributed by atoms with Crippen molar-refractivity contribution in [3.63, 3.8) is 0 Å². The molecule has 5 heteroatoms. The second kappa shape index (κ2) is 8.51. The van der Waals surface area contributed by atoms with Crippen LogP contribution in [0.2, 0.25) is 0 Å². The Bertz CT molecular complexity index is 535. The van der Waals surface area contributed by atoms with Gasteiger partial charge in [-0.05, 0) is 49.6 Å². The molecule has 1 aromatic rings. The predicted octanol–water partition coefficient (Wildman–Crippen LogP) is 2.78. The van der Waals surface area contributed by atoms with Crippen LogP contribution in [0.25, 0.3) is 0 Å². The molecule has 0 aliphatic rings. The zero-order valence-corrected chi connectivity index (χ0v) is 14.5. The highest BCUT2D eigenvalue weighted by Crippen LogP contribution is 2.21. The van der Waals surface area contributed by atoms with Gasteiger partial charge in [-0.1, -0.05) is 26.8 Å². The number of hydrogen-bond donors (Lipinski definition) is 1. The molecule has 0 heterocycles. The van der Waals surface area contributed by atoms with E-state index in [1.165, 1.54) is 5.56 Å². The molecule has 0 aromatic heterocycles. The van der Waals surface area contributed by atoms with Crippen LogP contribution in [0.1, 0.15) is 44.7 Å². The molecule has 0 amide bonds. The van der Waals surface area contributed by atoms with Crippen LogP contribution in [-0.2, 0) is 23.0 Å². The third kappa shape index (κ3) is 4.53. The van der Waals surface area contributed by atoms with Crippen molar-refractivity contribution in [2.75, 3.05) is 20.1 Å². The molecule has 1 rings (SSSR count). The van der Waals surface area contributed by atoms with Gasteiger partial charge in [0.15, 0.2) is 0 Å². The molecule has 4 nitrogen and oxygen atoms in total. The van der Waals surface area contributed by atoms with Crippen molar-refractivity contribution >= 4 is 10.0 Å². The van der Waals surface area contributed by atoms with Gasteiger partial charge in [-0.2, -0.15) is 4.31 Å². The summed E-state index contributed by atoms with van der Waals surface area (Å²) in [6.45, 7) is 7.94. The minimum absolute atomic E-state index is 0.409. The smallest absolute Gasteiger partial charge is 0.243 e. The van der Waals surface area contributed by atoms with Crippen LogP contribution in [0.5, 0.6) is 0 Å². The number of nitrogens with zero attached hydrogens (tertiary/aromatic N) is 1. The van der Waals surface area contributed by atoms with E-state index in [1.807, 2.05) is 33.0 Å². The molecule has 0 saturated heterocycles. The van der Waals surface area contributed by atoms with E-state index in [0.29, 0.717) is 24.5 Å². The zero-order valence-electron chi connectivity index (χ0n) is 13.6. The minimum atomic E-state index is -3.39. The molecule has 0 fully saturated rings. The molecular weight excluding hydrogens is 284 g/mol. The molecule has 0 bridgehead atoms. The third-order valence-electron chi connectivity index (χ3n) is 3.51. The van der Waals surface area contributed by atoms with E-state index >= 15 is 0 Å². The second-order valence-corrected chi connectivity index (χ2v) is 7.16. The molecule has 0 aliphatic heterocycles. The third-order valence-corrected chi connectivity index (χ3v) is 5.40. The topological polar surface area (TPSA) is 49.4 Å². The van der Waals surface area contributed by atoms with Crippen molar-refractivity contribution < 1.29 is 8.42 Å². The number of benzene rings is 1. The van der Waals surface area contributed by atoms with E-state index in [1.54, 1.807) is 10.4 Å². The molecule has 21 heavy (non-hydrogen) atoms. The first-order chi connectivity index (χ1) is 10.0. The summed E-state index contributed by atoms with van der Waals surface area (Å²) in [4.78, 5) is 0.409. The van der Waals surface area contributed by atoms with Gasteiger partial charge in [-0.15, -0.1) is 0 Å². The Kier molecular flexibility index (Phi) is 7.35. The first kappa shape index (κ1) is 18.1. The van der Waals surface area contributed by atoms with Gasteiger partial charge < -0.3 is 5.32 Å². The standard InChI is InChI=1S/C16H28N2O2S/c1-5-10-18(11-6-2)21(19,20)16-9-8-14(7-3)15(12-16)13-17-4/h8-9,12,17H,5-7,10-11,13H2,1-4H3. The number of hydrogen-bond acceptors (Lipinski definition) is 3. The van der Waals surface area contributed by atoms with E-state index in [4.69, 9.17) is 0 Å². The molecule has 0 unspecified atom stereocenters. The fraction of sp³-hybridized carbons (Fsp3) is 0.625. The van der Waals surface area contributed by atoms with E-state index in [2.05, 4.69) is 12.2 Å². The summed E-state index contributed by atoms with van der Waals surface area (Å²) in [6.07, 6.45) is 2.57. The van der Waals surface area contributed by atoms with Crippen molar-refractivity contribution in [2.45, 2.75) is 51.5 Å². The maximum atomic E-state index is 12.8. The molecule has 0 spiro atoms. The molecule has 0 radical (unpaired) electrons. The minimum Gasteiger partial charge on any atom is -0.316 e. The highest BCUT2D eigenvalue weighted by atomic mass is 32.2. The molecule has 120 valence electrons. The summed E-state index contributed by atoms with van der Waals surface area (Å²) in [7, 11) is -1.51. The molecule has 1 N–H and O–H groups in total. The fourth-order valence-electron chi connectivity index (χ4n) is 2.46. The fourth-order valence-corrected chi connectivity index (χ4v) is 4.14. The van der Waals surface area contributed by atoms with Crippen molar-refractivity contribution in [3.8, 4) is 0 Å². The van der Waals surface area contributed by atoms with Gasteiger partial charge >= 0.3 is 0 Å². The summed E-state index contributed by atoms with van der Waals surface area (Å²) in [6, 6.07) is 5.50. The molecule has 0 aliphatic carbocycles. The molecule has 0 saturated carbocycles. The van der Waals surface area contributed by atoms with Gasteiger partial charge in [0.1, 0.15) is 0 Å². The van der Waals surface area contributed by atoms with E-state index in [0.717, 1.165) is 24.8 Å². The first-order valence-corrected chi connectivity index (χ1v) is 9.21. The summed E-state index contributed by atoms with van der Waals surface area (Å²) in [5, 5.41) is 3.11. The molecular formula is C16H28N2O2S. The maximum Gasteiger partial charge on any atom is 0.243 e. The second-order valence-electron chi connectivity index (χ2n) is 5.22. The highest BCUT2D eigenvalue weighted by molar-refractivity contribution is 7.89. The Hall–Kier alpha value is -0.910. The lowest BCUT2D eigenvalue weighted by atomic mass is 10.1. The van der Waals surface area contributed by atoms with Crippen molar-refractivity contribution in [1.29, 1.82) is 0 Å². The van der Waals surface area contributed by atoms with E-state index in [-0.39, 0.29) is 0 Å². The lowest BCUT2D eigenvalue weighted by Gasteiger charge is -2.22. The average molecular weight is 312 g/mol. The largest absolute Gasteiger partial charge is 0.316 e. The van der Waals surface area contributed by atoms with Crippen LogP contribution < -0.4 is 5.32 Å². The summed E-state index contributed by atoms with van der Waals surface area (Å²) < 4.78 is 27.1. The Labute approximate surface area is 129 Å². The molecule has 1 aromatic carbocycles. The van der Waals surface area contributed by atoms with Gasteiger partial charge in [0, 0.05) is 19.6 Å². The summed E-state index contributed by atoms with van der Waals surface area (Å²) >= 11 is 0. The maximum absolute atomic E-state index is 12.8. The lowest BCUT2D eigenvalue weighted by molar-refractivity contribution is 0.410. The van der Waals surface area contributed by atoms with Crippen LogP contribution in [0.3, 0.4) is 0 Å². The van der Waals surface area contributed by atoms with E-state index < -0.39 is 10.0 Å². The molecule has 0 atom stereocenters. The Morgan fingerprint density at radius 3 is 2.14 bits per heavy atom. The number of nitrogens with one attached hydrogen (secondary N) is 1. The lowest BCUT2D eigenvalue weighted by Crippen LogP contribution is -2.32. The zero-order chi connectivity index (χ0) is 15.9. The first-order valence-electron chi connectivity index (χ1n) is 7.77. The average Bonchev–Trinajstić information content (AvgIpc) is 2.47. The quantitative estimate of drug-likeness (QED) is 0.763. The van der Waals surface area contributed by atoms with Gasteiger partial charge in [-0.3, -0.25) is 0 Å². The highest BCUT2D eigenvalue weighted by Gasteiger charge is 2.23. The van der Waals surface area contributed by atoms with Crippen molar-refractivity contribution in [1.82, 2.24) is 9.62 Å². The van der Waals surface area contributed by atoms with Crippen LogP contribution >= 0.6 is 0 Å². The Balaban J connectivity index is 3.20. The van der Waals surface area contributed by atoms with Crippen LogP contribution in [0.15, 0.2) is 23.1 Å². The number of rotatable bonds is 9. The Morgan fingerprint density at radius 1 is 1.05 bits per heavy atom. The summed E-state index contributed by atoms with van der Waals surface area (Å²) in [5.41, 5.74) is 2.26. The van der Waals surface area contributed by atoms with Crippen LogP contribution in [0, 0.1) is 0 Å². The van der Waals surface area contributed by atoms with Crippen molar-refractivity contribution in [3.05, 3.63) is 29.3 Å². The van der Waals surface area contributed by atoms with Crippen LogP contribution in [0.4, 0.5) is 0 Å².